The van der Waals surface area contributed by atoms with Crippen LogP contribution in [-0.2, 0) is 16.1 Å². The van der Waals surface area contributed by atoms with Crippen molar-refractivity contribution in [3.8, 4) is 0 Å². The smallest absolute Gasteiger partial charge is 0.359 e. The molecule has 8 nitrogen and oxygen atoms in total. The van der Waals surface area contributed by atoms with Gasteiger partial charge in [0, 0.05) is 12.6 Å². The number of nitrogens with one attached hydrogen (secondary N) is 1. The lowest BCUT2D eigenvalue weighted by Crippen LogP contribution is -2.65. The van der Waals surface area contributed by atoms with Gasteiger partial charge in [0.15, 0.2) is 5.69 Å². The Labute approximate surface area is 200 Å². The monoisotopic (exact) mass is 466 g/mol. The van der Waals surface area contributed by atoms with Crippen LogP contribution in [0.3, 0.4) is 0 Å². The number of carbonyl (C=O) groups excluding carboxylic acids is 3. The largest absolute Gasteiger partial charge is 0.464 e. The van der Waals surface area contributed by atoms with Crippen LogP contribution in [0.5, 0.6) is 0 Å². The molecule has 0 spiro atoms. The molecule has 8 heteroatoms. The molecule has 0 bridgehead atoms. The Hall–Kier alpha value is -3.16. The molecule has 2 amide bonds. The lowest BCUT2D eigenvalue weighted by atomic mass is 9.90. The third kappa shape index (κ3) is 4.58. The summed E-state index contributed by atoms with van der Waals surface area (Å²) < 4.78 is 6.46. The van der Waals surface area contributed by atoms with Gasteiger partial charge in [-0.25, -0.2) is 9.78 Å². The average molecular weight is 467 g/mol. The van der Waals surface area contributed by atoms with Crippen molar-refractivity contribution in [2.75, 3.05) is 13.7 Å². The van der Waals surface area contributed by atoms with Crippen LogP contribution in [0.15, 0.2) is 36.7 Å². The van der Waals surface area contributed by atoms with Crippen LogP contribution in [0.4, 0.5) is 0 Å². The highest BCUT2D eigenvalue weighted by atomic mass is 16.5. The van der Waals surface area contributed by atoms with E-state index in [0.717, 1.165) is 31.2 Å². The molecule has 0 saturated heterocycles. The molecule has 2 atom stereocenters. The molecule has 1 fully saturated rings. The highest BCUT2D eigenvalue weighted by Crippen LogP contribution is 2.32. The standard InChI is InChI=1S/C26H34N4O4/c1-18(19-11-7-6-8-12-19)15-30-23(31)22-21(24(32)34-3)27-17-29(22)16-26(30,2)25(33)28-20-13-9-4-5-10-14-20/h6-8,11-12,17-18,20H,4-5,9-10,13-16H2,1-3H3,(H,28,33)/t18-,26+/m1/s1. The number of carbonyl (C=O) groups is 3. The van der Waals surface area contributed by atoms with Crippen LogP contribution >= 0.6 is 0 Å². The normalized spacial score (nSPS) is 22.0. The molecular weight excluding hydrogens is 432 g/mol. The van der Waals surface area contributed by atoms with Gasteiger partial charge in [0.1, 0.15) is 11.2 Å². The molecule has 1 saturated carbocycles. The number of aromatic nitrogens is 2. The predicted molar refractivity (Wildman–Crippen MR) is 127 cm³/mol. The maximum absolute atomic E-state index is 13.8. The molecule has 2 heterocycles. The summed E-state index contributed by atoms with van der Waals surface area (Å²) in [6.07, 6.45) is 7.95. The Bertz CT molecular complexity index is 1040. The quantitative estimate of drug-likeness (QED) is 0.519. The number of hydrogen-bond acceptors (Lipinski definition) is 5. The second kappa shape index (κ2) is 9.99. The Morgan fingerprint density at radius 3 is 2.50 bits per heavy atom. The van der Waals surface area contributed by atoms with E-state index in [1.165, 1.54) is 26.3 Å². The van der Waals surface area contributed by atoms with E-state index in [1.54, 1.807) is 9.47 Å². The van der Waals surface area contributed by atoms with Gasteiger partial charge in [-0.1, -0.05) is 62.9 Å². The Morgan fingerprint density at radius 1 is 1.18 bits per heavy atom. The van der Waals surface area contributed by atoms with Gasteiger partial charge in [0.2, 0.25) is 5.91 Å². The third-order valence-electron chi connectivity index (χ3n) is 7.24. The van der Waals surface area contributed by atoms with Crippen LogP contribution in [0.2, 0.25) is 0 Å². The Kier molecular flexibility index (Phi) is 7.05. The van der Waals surface area contributed by atoms with Crippen LogP contribution in [0.25, 0.3) is 0 Å². The third-order valence-corrected chi connectivity index (χ3v) is 7.24. The van der Waals surface area contributed by atoms with E-state index in [4.69, 9.17) is 4.74 Å². The topological polar surface area (TPSA) is 93.5 Å². The molecule has 1 aromatic heterocycles. The van der Waals surface area contributed by atoms with E-state index < -0.39 is 11.5 Å². The molecule has 2 aromatic rings. The first-order valence-electron chi connectivity index (χ1n) is 12.2. The van der Waals surface area contributed by atoms with Gasteiger partial charge < -0.3 is 19.5 Å². The first-order chi connectivity index (χ1) is 16.3. The highest BCUT2D eigenvalue weighted by Gasteiger charge is 2.49. The number of nitrogens with zero attached hydrogens (tertiary/aromatic N) is 3. The average Bonchev–Trinajstić information content (AvgIpc) is 3.09. The van der Waals surface area contributed by atoms with Crippen LogP contribution in [0.1, 0.15) is 84.8 Å². The number of esters is 1. The van der Waals surface area contributed by atoms with Crippen molar-refractivity contribution in [1.29, 1.82) is 0 Å². The molecule has 0 radical (unpaired) electrons. The molecule has 1 aliphatic carbocycles. The summed E-state index contributed by atoms with van der Waals surface area (Å²) >= 11 is 0. The Morgan fingerprint density at radius 2 is 1.85 bits per heavy atom. The summed E-state index contributed by atoms with van der Waals surface area (Å²) in [6, 6.07) is 10.0. The van der Waals surface area contributed by atoms with E-state index >= 15 is 0 Å². The number of amides is 2. The van der Waals surface area contributed by atoms with Crippen molar-refractivity contribution in [2.24, 2.45) is 0 Å². The van der Waals surface area contributed by atoms with E-state index in [2.05, 4.69) is 10.3 Å². The molecule has 1 N–H and O–H groups in total. The zero-order valence-electron chi connectivity index (χ0n) is 20.3. The van der Waals surface area contributed by atoms with Crippen molar-refractivity contribution < 1.29 is 19.1 Å². The van der Waals surface area contributed by atoms with Gasteiger partial charge in [0.25, 0.3) is 5.91 Å². The molecule has 1 aromatic carbocycles. The zero-order valence-corrected chi connectivity index (χ0v) is 20.3. The molecule has 182 valence electrons. The number of rotatable bonds is 6. The highest BCUT2D eigenvalue weighted by molar-refractivity contribution is 6.06. The number of benzene rings is 1. The van der Waals surface area contributed by atoms with Crippen molar-refractivity contribution in [2.45, 2.75) is 76.4 Å². The summed E-state index contributed by atoms with van der Waals surface area (Å²) in [7, 11) is 1.26. The van der Waals surface area contributed by atoms with Crippen molar-refractivity contribution in [3.63, 3.8) is 0 Å². The van der Waals surface area contributed by atoms with Gasteiger partial charge in [-0.3, -0.25) is 9.59 Å². The van der Waals surface area contributed by atoms with Crippen molar-refractivity contribution >= 4 is 17.8 Å². The predicted octanol–water partition coefficient (Wildman–Crippen LogP) is 3.53. The van der Waals surface area contributed by atoms with Crippen LogP contribution in [-0.4, -0.2) is 57.5 Å². The minimum absolute atomic E-state index is 0.00814. The fraction of sp³-hybridized carbons (Fsp3) is 0.538. The van der Waals surface area contributed by atoms with Crippen LogP contribution < -0.4 is 5.32 Å². The second-order valence-corrected chi connectivity index (χ2v) is 9.72. The summed E-state index contributed by atoms with van der Waals surface area (Å²) in [5, 5.41) is 3.25. The molecule has 4 rings (SSSR count). The van der Waals surface area contributed by atoms with E-state index in [9.17, 15) is 14.4 Å². The van der Waals surface area contributed by atoms with Gasteiger partial charge in [-0.2, -0.15) is 0 Å². The molecule has 1 aliphatic heterocycles. The summed E-state index contributed by atoms with van der Waals surface area (Å²) in [5.41, 5.74) is 0.116. The minimum atomic E-state index is -1.12. The lowest BCUT2D eigenvalue weighted by Gasteiger charge is -2.45. The summed E-state index contributed by atoms with van der Waals surface area (Å²) in [4.78, 5) is 45.6. The zero-order chi connectivity index (χ0) is 24.3. The second-order valence-electron chi connectivity index (χ2n) is 9.72. The molecule has 2 aliphatic rings. The van der Waals surface area contributed by atoms with Gasteiger partial charge in [0.05, 0.1) is 20.0 Å². The van der Waals surface area contributed by atoms with Gasteiger partial charge in [-0.15, -0.1) is 0 Å². The number of imidazole rings is 1. The fourth-order valence-corrected chi connectivity index (χ4v) is 5.15. The van der Waals surface area contributed by atoms with E-state index in [-0.39, 0.29) is 41.7 Å². The van der Waals surface area contributed by atoms with Crippen molar-refractivity contribution in [3.05, 3.63) is 53.6 Å². The first kappa shape index (κ1) is 24.0. The Balaban J connectivity index is 1.68. The first-order valence-corrected chi connectivity index (χ1v) is 12.2. The molecular formula is C26H34N4O4. The van der Waals surface area contributed by atoms with Gasteiger partial charge in [-0.05, 0) is 31.2 Å². The summed E-state index contributed by atoms with van der Waals surface area (Å²) in [5.74, 6) is -1.21. The molecule has 34 heavy (non-hydrogen) atoms. The van der Waals surface area contributed by atoms with Crippen LogP contribution in [0, 0.1) is 0 Å². The molecule has 0 unspecified atom stereocenters. The van der Waals surface area contributed by atoms with Crippen molar-refractivity contribution in [1.82, 2.24) is 19.8 Å². The van der Waals surface area contributed by atoms with Gasteiger partial charge >= 0.3 is 5.97 Å². The minimum Gasteiger partial charge on any atom is -0.464 e. The SMILES string of the molecule is COC(=O)c1ncn2c1C(=O)N(C[C@@H](C)c1ccccc1)[C@](C)(C(=O)NC1CCCCCC1)C2. The number of methoxy groups -OCH3 is 1. The van der Waals surface area contributed by atoms with E-state index in [1.807, 2.05) is 44.2 Å². The number of fused-ring (bicyclic) bond motifs is 1. The maximum atomic E-state index is 13.8. The van der Waals surface area contributed by atoms with E-state index in [0.29, 0.717) is 6.54 Å². The lowest BCUT2D eigenvalue weighted by molar-refractivity contribution is -0.133. The number of hydrogen-bond donors (Lipinski definition) is 1. The number of ether oxygens (including phenoxy) is 1. The fourth-order valence-electron chi connectivity index (χ4n) is 5.15. The maximum Gasteiger partial charge on any atom is 0.359 e. The summed E-state index contributed by atoms with van der Waals surface area (Å²) in [6.45, 7) is 4.41.